The number of unbranched alkanes of at least 4 members (excludes halogenated alkanes) is 18. The Labute approximate surface area is 424 Å². The van der Waals surface area contributed by atoms with Gasteiger partial charge < -0.3 is 14.2 Å². The standard InChI is InChI=1S/C63H102O6/c1-4-7-10-13-16-19-22-25-28-30-31-33-36-39-42-45-48-51-54-57-63(66)69-60(58-67-61(64)55-52-49-46-43-40-37-34-27-24-21-18-15-12-9-6-3)59-68-62(65)56-53-50-47-44-41-38-35-32-29-26-23-20-17-14-11-8-5-2/h9,12,16,18-19,21,25-29,31,33-34,39-40,42-43,48,51,60H,4-8,10-11,13-15,17,20,22-24,30,32,35-38,41,44-47,49-50,52-59H2,1-3H3/b12-9-,19-16-,21-18-,28-25-,29-26-,33-31-,34-27-,42-39-,43-40-,51-48-/t60-/m1/s1. The van der Waals surface area contributed by atoms with E-state index in [0.29, 0.717) is 19.3 Å². The van der Waals surface area contributed by atoms with E-state index in [1.165, 1.54) is 103 Å². The third-order valence-electron chi connectivity index (χ3n) is 11.4. The first-order valence-electron chi connectivity index (χ1n) is 28.0. The highest BCUT2D eigenvalue weighted by Crippen LogP contribution is 2.13. The highest BCUT2D eigenvalue weighted by Gasteiger charge is 2.19. The van der Waals surface area contributed by atoms with Crippen molar-refractivity contribution in [3.05, 3.63) is 122 Å². The van der Waals surface area contributed by atoms with Crippen LogP contribution in [0, 0.1) is 0 Å². The predicted molar refractivity (Wildman–Crippen MR) is 297 cm³/mol. The van der Waals surface area contributed by atoms with Gasteiger partial charge in [0.15, 0.2) is 6.10 Å². The minimum Gasteiger partial charge on any atom is -0.462 e. The lowest BCUT2D eigenvalue weighted by atomic mass is 10.1. The number of rotatable bonds is 49. The highest BCUT2D eigenvalue weighted by atomic mass is 16.6. The van der Waals surface area contributed by atoms with Crippen LogP contribution in [0.1, 0.15) is 239 Å². The first kappa shape index (κ1) is 64.8. The molecule has 0 aromatic heterocycles. The maximum atomic E-state index is 12.8. The van der Waals surface area contributed by atoms with Gasteiger partial charge in [-0.15, -0.1) is 0 Å². The maximum absolute atomic E-state index is 12.8. The van der Waals surface area contributed by atoms with E-state index in [2.05, 4.69) is 130 Å². The Morgan fingerprint density at radius 3 is 1.01 bits per heavy atom. The first-order valence-corrected chi connectivity index (χ1v) is 28.0. The van der Waals surface area contributed by atoms with Crippen molar-refractivity contribution in [1.29, 1.82) is 0 Å². The van der Waals surface area contributed by atoms with Gasteiger partial charge in [0.2, 0.25) is 0 Å². The van der Waals surface area contributed by atoms with Gasteiger partial charge in [0.05, 0.1) is 0 Å². The Bertz CT molecular complexity index is 1470. The SMILES string of the molecule is CC/C=C\C/C=C\C/C=C\C/C=C\CCCCC(=O)OC[C@H](COC(=O)CCCCCCCCC/C=C\CCCCCCCC)OC(=O)CC/C=C\C/C=C\C/C=C\C/C=C\C/C=C\CCCCC. The second kappa shape index (κ2) is 56.4. The van der Waals surface area contributed by atoms with Crippen LogP contribution in [0.5, 0.6) is 0 Å². The van der Waals surface area contributed by atoms with Crippen molar-refractivity contribution < 1.29 is 28.6 Å². The number of hydrogen-bond acceptors (Lipinski definition) is 6. The molecule has 0 N–H and O–H groups in total. The Balaban J connectivity index is 4.58. The summed E-state index contributed by atoms with van der Waals surface area (Å²) in [7, 11) is 0. The van der Waals surface area contributed by atoms with Crippen molar-refractivity contribution in [2.75, 3.05) is 13.2 Å². The van der Waals surface area contributed by atoms with Gasteiger partial charge in [0, 0.05) is 19.3 Å². The van der Waals surface area contributed by atoms with Crippen LogP contribution < -0.4 is 0 Å². The fraction of sp³-hybridized carbons (Fsp3) is 0.635. The van der Waals surface area contributed by atoms with Gasteiger partial charge in [-0.05, 0) is 122 Å². The highest BCUT2D eigenvalue weighted by molar-refractivity contribution is 5.71. The molecule has 0 heterocycles. The van der Waals surface area contributed by atoms with Gasteiger partial charge in [0.25, 0.3) is 0 Å². The smallest absolute Gasteiger partial charge is 0.306 e. The molecule has 0 aromatic carbocycles. The molecule has 6 nitrogen and oxygen atoms in total. The summed E-state index contributed by atoms with van der Waals surface area (Å²) >= 11 is 0. The lowest BCUT2D eigenvalue weighted by Crippen LogP contribution is -2.30. The van der Waals surface area contributed by atoms with Gasteiger partial charge in [-0.1, -0.05) is 219 Å². The molecule has 0 bridgehead atoms. The lowest BCUT2D eigenvalue weighted by Gasteiger charge is -2.18. The zero-order valence-corrected chi connectivity index (χ0v) is 44.5. The van der Waals surface area contributed by atoms with Gasteiger partial charge in [-0.25, -0.2) is 0 Å². The minimum absolute atomic E-state index is 0.126. The third-order valence-corrected chi connectivity index (χ3v) is 11.4. The molecule has 0 aliphatic heterocycles. The fourth-order valence-corrected chi connectivity index (χ4v) is 7.23. The predicted octanol–water partition coefficient (Wildman–Crippen LogP) is 18.9. The van der Waals surface area contributed by atoms with Crippen LogP contribution >= 0.6 is 0 Å². The lowest BCUT2D eigenvalue weighted by molar-refractivity contribution is -0.166. The maximum Gasteiger partial charge on any atom is 0.306 e. The summed E-state index contributed by atoms with van der Waals surface area (Å²) in [5, 5.41) is 0. The Hall–Kier alpha value is -4.19. The molecule has 0 unspecified atom stereocenters. The molecule has 0 saturated carbocycles. The van der Waals surface area contributed by atoms with Gasteiger partial charge >= 0.3 is 17.9 Å². The number of carbonyl (C=O) groups excluding carboxylic acids is 3. The summed E-state index contributed by atoms with van der Waals surface area (Å²) in [4.78, 5) is 38.1. The van der Waals surface area contributed by atoms with Crippen LogP contribution in [0.4, 0.5) is 0 Å². The topological polar surface area (TPSA) is 78.9 Å². The number of allylic oxidation sites excluding steroid dienone is 20. The van der Waals surface area contributed by atoms with Crippen LogP contribution in [-0.2, 0) is 28.6 Å². The molecule has 6 heteroatoms. The molecule has 0 amide bonds. The van der Waals surface area contributed by atoms with Gasteiger partial charge in [-0.3, -0.25) is 14.4 Å². The average Bonchev–Trinajstić information content (AvgIpc) is 3.35. The summed E-state index contributed by atoms with van der Waals surface area (Å²) in [5.74, 6) is -1.06. The van der Waals surface area contributed by atoms with Gasteiger partial charge in [0.1, 0.15) is 13.2 Å². The monoisotopic (exact) mass is 955 g/mol. The van der Waals surface area contributed by atoms with E-state index in [0.717, 1.165) is 83.5 Å². The van der Waals surface area contributed by atoms with E-state index in [9.17, 15) is 14.4 Å². The second-order valence-corrected chi connectivity index (χ2v) is 18.1. The van der Waals surface area contributed by atoms with E-state index in [-0.39, 0.29) is 38.0 Å². The molecule has 390 valence electrons. The number of hydrogen-bond donors (Lipinski definition) is 0. The van der Waals surface area contributed by atoms with Crippen molar-refractivity contribution in [2.24, 2.45) is 0 Å². The number of esters is 3. The van der Waals surface area contributed by atoms with Crippen molar-refractivity contribution in [3.8, 4) is 0 Å². The van der Waals surface area contributed by atoms with E-state index >= 15 is 0 Å². The van der Waals surface area contributed by atoms with E-state index in [1.807, 2.05) is 12.2 Å². The van der Waals surface area contributed by atoms with Crippen LogP contribution in [-0.4, -0.2) is 37.2 Å². The molecular weight excluding hydrogens is 853 g/mol. The molecule has 0 aliphatic carbocycles. The summed E-state index contributed by atoms with van der Waals surface area (Å²) < 4.78 is 16.7. The summed E-state index contributed by atoms with van der Waals surface area (Å²) in [6, 6.07) is 0. The molecule has 0 rings (SSSR count). The largest absolute Gasteiger partial charge is 0.462 e. The van der Waals surface area contributed by atoms with Crippen LogP contribution in [0.25, 0.3) is 0 Å². The zero-order chi connectivity index (χ0) is 50.0. The van der Waals surface area contributed by atoms with Crippen LogP contribution in [0.3, 0.4) is 0 Å². The van der Waals surface area contributed by atoms with Crippen molar-refractivity contribution in [1.82, 2.24) is 0 Å². The number of carbonyl (C=O) groups is 3. The normalized spacial score (nSPS) is 13.0. The fourth-order valence-electron chi connectivity index (χ4n) is 7.23. The van der Waals surface area contributed by atoms with Crippen LogP contribution in [0.2, 0.25) is 0 Å². The molecule has 0 aromatic rings. The van der Waals surface area contributed by atoms with Crippen LogP contribution in [0.15, 0.2) is 122 Å². The molecule has 69 heavy (non-hydrogen) atoms. The van der Waals surface area contributed by atoms with E-state index in [4.69, 9.17) is 14.2 Å². The second-order valence-electron chi connectivity index (χ2n) is 18.1. The quantitative estimate of drug-likeness (QED) is 0.0262. The van der Waals surface area contributed by atoms with Crippen molar-refractivity contribution in [3.63, 3.8) is 0 Å². The molecule has 0 saturated heterocycles. The average molecular weight is 956 g/mol. The number of ether oxygens (including phenoxy) is 3. The Morgan fingerprint density at radius 2 is 0.594 bits per heavy atom. The molecular formula is C63H102O6. The molecule has 0 fully saturated rings. The first-order chi connectivity index (χ1) is 34.0. The Morgan fingerprint density at radius 1 is 0.304 bits per heavy atom. The van der Waals surface area contributed by atoms with E-state index < -0.39 is 12.1 Å². The molecule has 0 radical (unpaired) electrons. The summed E-state index contributed by atoms with van der Waals surface area (Å²) in [6.45, 7) is 6.38. The van der Waals surface area contributed by atoms with Crippen molar-refractivity contribution in [2.45, 2.75) is 245 Å². The third kappa shape index (κ3) is 54.6. The van der Waals surface area contributed by atoms with Gasteiger partial charge in [-0.2, -0.15) is 0 Å². The minimum atomic E-state index is -0.840. The Kier molecular flexibility index (Phi) is 53.0. The van der Waals surface area contributed by atoms with Crippen molar-refractivity contribution >= 4 is 17.9 Å². The molecule has 0 aliphatic rings. The molecule has 0 spiro atoms. The summed E-state index contributed by atoms with van der Waals surface area (Å²) in [5.41, 5.74) is 0. The zero-order valence-electron chi connectivity index (χ0n) is 44.5. The summed E-state index contributed by atoms with van der Waals surface area (Å²) in [6.07, 6.45) is 77.7. The van der Waals surface area contributed by atoms with E-state index in [1.54, 1.807) is 0 Å². The molecule has 1 atom stereocenters.